The summed E-state index contributed by atoms with van der Waals surface area (Å²) in [5, 5.41) is 0. The van der Waals surface area contributed by atoms with Gasteiger partial charge in [0.1, 0.15) is 6.61 Å². The number of carbonyl (C=O) groups is 3. The van der Waals surface area contributed by atoms with Gasteiger partial charge in [-0.3, -0.25) is 9.59 Å². The Kier molecular flexibility index (Phi) is 5.65. The third-order valence-electron chi connectivity index (χ3n) is 3.71. The number of amides is 2. The smallest absolute Gasteiger partial charge is 0.338 e. The topological polar surface area (TPSA) is 66.9 Å². The number of likely N-dealkylation sites (N-methyl/N-ethyl adjacent to an activating group) is 1. The minimum atomic E-state index is -0.416. The van der Waals surface area contributed by atoms with E-state index in [1.165, 1.54) is 12.2 Å². The summed E-state index contributed by atoms with van der Waals surface area (Å²) in [7, 11) is 0. The number of rotatable bonds is 7. The molecule has 0 aromatic heterocycles. The molecule has 0 bridgehead atoms. The minimum Gasteiger partial charge on any atom is -0.461 e. The maximum atomic E-state index is 12.0. The molecule has 0 atom stereocenters. The van der Waals surface area contributed by atoms with Crippen molar-refractivity contribution in [2.24, 2.45) is 0 Å². The second kappa shape index (κ2) is 7.69. The number of hydrogen-bond acceptors (Lipinski definition) is 5. The number of benzene rings is 1. The first kappa shape index (κ1) is 16.9. The van der Waals surface area contributed by atoms with E-state index in [0.29, 0.717) is 24.4 Å². The van der Waals surface area contributed by atoms with Gasteiger partial charge in [0.05, 0.1) is 11.3 Å². The fraction of sp³-hybridized carbons (Fsp3) is 0.353. The highest BCUT2D eigenvalue weighted by Gasteiger charge is 2.25. The van der Waals surface area contributed by atoms with Crippen molar-refractivity contribution in [3.63, 3.8) is 0 Å². The van der Waals surface area contributed by atoms with E-state index >= 15 is 0 Å². The minimum absolute atomic E-state index is 0.329. The van der Waals surface area contributed by atoms with E-state index in [2.05, 4.69) is 18.7 Å². The van der Waals surface area contributed by atoms with Crippen LogP contribution in [0.15, 0.2) is 36.4 Å². The molecule has 6 nitrogen and oxygen atoms in total. The van der Waals surface area contributed by atoms with Crippen LogP contribution in [-0.2, 0) is 14.3 Å². The van der Waals surface area contributed by atoms with Crippen LogP contribution in [0, 0.1) is 0 Å². The summed E-state index contributed by atoms with van der Waals surface area (Å²) in [5.41, 5.74) is 0.824. The van der Waals surface area contributed by atoms with Gasteiger partial charge >= 0.3 is 5.97 Å². The van der Waals surface area contributed by atoms with Gasteiger partial charge in [-0.15, -0.1) is 0 Å². The first-order valence-electron chi connectivity index (χ1n) is 7.62. The van der Waals surface area contributed by atoms with Gasteiger partial charge in [-0.2, -0.15) is 0 Å². The van der Waals surface area contributed by atoms with E-state index in [-0.39, 0.29) is 11.8 Å². The fourth-order valence-electron chi connectivity index (χ4n) is 2.29. The number of hydrogen-bond donors (Lipinski definition) is 0. The first-order valence-corrected chi connectivity index (χ1v) is 7.62. The average Bonchev–Trinajstić information content (AvgIpc) is 2.90. The maximum Gasteiger partial charge on any atom is 0.338 e. The summed E-state index contributed by atoms with van der Waals surface area (Å²) in [6.07, 6.45) is 2.44. The highest BCUT2D eigenvalue weighted by atomic mass is 16.5. The summed E-state index contributed by atoms with van der Waals surface area (Å²) in [6, 6.07) is 6.22. The predicted octanol–water partition coefficient (Wildman–Crippen LogP) is 1.61. The van der Waals surface area contributed by atoms with Gasteiger partial charge < -0.3 is 9.64 Å². The van der Waals surface area contributed by atoms with Crippen molar-refractivity contribution in [2.75, 3.05) is 31.1 Å². The number of esters is 1. The molecular formula is C17H20N2O4. The Morgan fingerprint density at radius 1 is 1.04 bits per heavy atom. The van der Waals surface area contributed by atoms with Crippen LogP contribution in [0.2, 0.25) is 0 Å². The number of imide groups is 1. The lowest BCUT2D eigenvalue weighted by molar-refractivity contribution is -0.119. The Bertz CT molecular complexity index is 600. The molecule has 23 heavy (non-hydrogen) atoms. The van der Waals surface area contributed by atoms with E-state index in [1.807, 2.05) is 0 Å². The molecule has 0 N–H and O–H groups in total. The lowest BCUT2D eigenvalue weighted by atomic mass is 10.2. The zero-order valence-corrected chi connectivity index (χ0v) is 13.3. The molecule has 1 aromatic rings. The zero-order valence-electron chi connectivity index (χ0n) is 13.3. The molecule has 0 spiro atoms. The number of ether oxygens (including phenoxy) is 1. The van der Waals surface area contributed by atoms with Gasteiger partial charge in [-0.05, 0) is 37.4 Å². The molecule has 0 saturated heterocycles. The second-order valence-electron chi connectivity index (χ2n) is 5.05. The third-order valence-corrected chi connectivity index (χ3v) is 3.71. The molecule has 2 amide bonds. The predicted molar refractivity (Wildman–Crippen MR) is 86.1 cm³/mol. The molecule has 122 valence electrons. The molecule has 2 rings (SSSR count). The van der Waals surface area contributed by atoms with Crippen molar-refractivity contribution in [3.8, 4) is 0 Å². The van der Waals surface area contributed by atoms with Gasteiger partial charge in [0, 0.05) is 18.7 Å². The van der Waals surface area contributed by atoms with E-state index in [9.17, 15) is 14.4 Å². The van der Waals surface area contributed by atoms with E-state index in [4.69, 9.17) is 4.74 Å². The fourth-order valence-corrected chi connectivity index (χ4v) is 2.29. The van der Waals surface area contributed by atoms with Crippen LogP contribution < -0.4 is 4.90 Å². The van der Waals surface area contributed by atoms with E-state index < -0.39 is 5.97 Å². The number of anilines is 1. The summed E-state index contributed by atoms with van der Waals surface area (Å²) in [4.78, 5) is 38.4. The van der Waals surface area contributed by atoms with Crippen molar-refractivity contribution < 1.29 is 19.1 Å². The van der Waals surface area contributed by atoms with Gasteiger partial charge in [0.25, 0.3) is 11.8 Å². The summed E-state index contributed by atoms with van der Waals surface area (Å²) in [5.74, 6) is -1.19. The Morgan fingerprint density at radius 3 is 2.13 bits per heavy atom. The van der Waals surface area contributed by atoms with Crippen molar-refractivity contribution in [1.82, 2.24) is 4.90 Å². The summed E-state index contributed by atoms with van der Waals surface area (Å²) >= 11 is 0. The monoisotopic (exact) mass is 316 g/mol. The standard InChI is InChI=1S/C17H20N2O4/c1-3-18(4-2)11-12-23-17(22)13-5-7-14(8-6-13)19-15(20)9-10-16(19)21/h5-10H,3-4,11-12H2,1-2H3. The molecule has 1 aromatic carbocycles. The van der Waals surface area contributed by atoms with Crippen LogP contribution in [0.1, 0.15) is 24.2 Å². The van der Waals surface area contributed by atoms with Crippen LogP contribution in [0.5, 0.6) is 0 Å². The van der Waals surface area contributed by atoms with Crippen molar-refractivity contribution in [2.45, 2.75) is 13.8 Å². The van der Waals surface area contributed by atoms with Gasteiger partial charge in [-0.25, -0.2) is 9.69 Å². The van der Waals surface area contributed by atoms with Gasteiger partial charge in [-0.1, -0.05) is 13.8 Å². The Morgan fingerprint density at radius 2 is 1.61 bits per heavy atom. The number of nitrogens with zero attached hydrogens (tertiary/aromatic N) is 2. The van der Waals surface area contributed by atoms with E-state index in [1.54, 1.807) is 24.3 Å². The Hall–Kier alpha value is -2.47. The Labute approximate surface area is 135 Å². The SMILES string of the molecule is CCN(CC)CCOC(=O)c1ccc(N2C(=O)C=CC2=O)cc1. The normalized spacial score (nSPS) is 14.0. The zero-order chi connectivity index (χ0) is 16.8. The van der Waals surface area contributed by atoms with Crippen molar-refractivity contribution in [1.29, 1.82) is 0 Å². The molecule has 0 radical (unpaired) electrons. The van der Waals surface area contributed by atoms with Crippen LogP contribution in [0.25, 0.3) is 0 Å². The second-order valence-corrected chi connectivity index (χ2v) is 5.05. The van der Waals surface area contributed by atoms with Crippen molar-refractivity contribution >= 4 is 23.5 Å². The van der Waals surface area contributed by atoms with Crippen LogP contribution >= 0.6 is 0 Å². The molecule has 1 aliphatic heterocycles. The first-order chi connectivity index (χ1) is 11.1. The van der Waals surface area contributed by atoms with Crippen LogP contribution in [0.3, 0.4) is 0 Å². The molecule has 6 heteroatoms. The molecule has 1 aliphatic rings. The molecule has 0 aliphatic carbocycles. The average molecular weight is 316 g/mol. The molecule has 1 heterocycles. The van der Waals surface area contributed by atoms with Crippen LogP contribution in [0.4, 0.5) is 5.69 Å². The van der Waals surface area contributed by atoms with Gasteiger partial charge in [0.15, 0.2) is 0 Å². The maximum absolute atomic E-state index is 12.0. The number of carbonyl (C=O) groups excluding carboxylic acids is 3. The summed E-state index contributed by atoms with van der Waals surface area (Å²) in [6.45, 7) is 6.96. The summed E-state index contributed by atoms with van der Waals surface area (Å²) < 4.78 is 5.23. The lowest BCUT2D eigenvalue weighted by Gasteiger charge is -2.17. The molecule has 0 saturated carbocycles. The molecule has 0 fully saturated rings. The van der Waals surface area contributed by atoms with Crippen LogP contribution in [-0.4, -0.2) is 48.9 Å². The lowest BCUT2D eigenvalue weighted by Crippen LogP contribution is -2.29. The quantitative estimate of drug-likeness (QED) is 0.565. The highest BCUT2D eigenvalue weighted by molar-refractivity contribution is 6.28. The third kappa shape index (κ3) is 4.04. The highest BCUT2D eigenvalue weighted by Crippen LogP contribution is 2.19. The van der Waals surface area contributed by atoms with Gasteiger partial charge in [0.2, 0.25) is 0 Å². The molecular weight excluding hydrogens is 296 g/mol. The van der Waals surface area contributed by atoms with Crippen molar-refractivity contribution in [3.05, 3.63) is 42.0 Å². The molecule has 0 unspecified atom stereocenters. The largest absolute Gasteiger partial charge is 0.461 e. The Balaban J connectivity index is 1.93. The van der Waals surface area contributed by atoms with E-state index in [0.717, 1.165) is 18.0 Å².